The molecule has 1 amide bonds. The molecule has 40 heavy (non-hydrogen) atoms. The van der Waals surface area contributed by atoms with Gasteiger partial charge in [0.15, 0.2) is 0 Å². The van der Waals surface area contributed by atoms with Crippen LogP contribution in [-0.4, -0.2) is 57.0 Å². The fraction of sp³-hybridized carbons (Fsp3) is 0.345. The molecular formula is C29H27N5O6. The number of carboxylic acid groups (broad SMARTS) is 1. The van der Waals surface area contributed by atoms with Gasteiger partial charge in [0.1, 0.15) is 5.75 Å². The molecule has 0 spiro atoms. The maximum atomic E-state index is 12.1. The summed E-state index contributed by atoms with van der Waals surface area (Å²) in [6.07, 6.45) is 3.74. The number of methoxy groups -OCH3 is 1. The number of rotatable bonds is 6. The Morgan fingerprint density at radius 2 is 2.02 bits per heavy atom. The minimum absolute atomic E-state index is 0.0854. The van der Waals surface area contributed by atoms with Crippen molar-refractivity contribution in [1.29, 1.82) is 5.26 Å². The zero-order chi connectivity index (χ0) is 27.8. The number of nitriles is 1. The molecule has 4 aromatic rings. The van der Waals surface area contributed by atoms with Gasteiger partial charge < -0.3 is 24.1 Å². The van der Waals surface area contributed by atoms with E-state index in [0.717, 1.165) is 42.1 Å². The van der Waals surface area contributed by atoms with Gasteiger partial charge in [0.05, 0.1) is 37.3 Å². The third kappa shape index (κ3) is 4.73. The number of carbonyl (C=O) groups is 2. The highest BCUT2D eigenvalue weighted by Crippen LogP contribution is 2.38. The van der Waals surface area contributed by atoms with Crippen molar-refractivity contribution >= 4 is 23.0 Å². The Labute approximate surface area is 229 Å². The summed E-state index contributed by atoms with van der Waals surface area (Å²) in [4.78, 5) is 33.1. The zero-order valence-electron chi connectivity index (χ0n) is 21.8. The Morgan fingerprint density at radius 1 is 1.20 bits per heavy atom. The van der Waals surface area contributed by atoms with Crippen LogP contribution in [0.15, 0.2) is 40.9 Å². The normalized spacial score (nSPS) is 17.0. The molecule has 1 fully saturated rings. The lowest BCUT2D eigenvalue weighted by Gasteiger charge is -2.33. The molecule has 3 heterocycles. The highest BCUT2D eigenvalue weighted by molar-refractivity contribution is 5.89. The van der Waals surface area contributed by atoms with Crippen LogP contribution >= 0.6 is 0 Å². The number of hydrogen-bond acceptors (Lipinski definition) is 8. The molecule has 0 radical (unpaired) electrons. The molecule has 2 aromatic heterocycles. The Bertz CT molecular complexity index is 1640. The summed E-state index contributed by atoms with van der Waals surface area (Å²) in [6.45, 7) is 0.258. The number of nitrogens with one attached hydrogen (secondary N) is 1. The first-order valence-electron chi connectivity index (χ1n) is 13.2. The molecule has 2 aromatic carbocycles. The van der Waals surface area contributed by atoms with E-state index in [0.29, 0.717) is 40.4 Å². The average Bonchev–Trinajstić information content (AvgIpc) is 3.73. The Hall–Kier alpha value is -4.85. The quantitative estimate of drug-likeness (QED) is 0.313. The summed E-state index contributed by atoms with van der Waals surface area (Å²) < 4.78 is 16.5. The number of H-pyrrole nitrogens is 1. The van der Waals surface area contributed by atoms with Crippen molar-refractivity contribution in [3.05, 3.63) is 53.2 Å². The third-order valence-corrected chi connectivity index (χ3v) is 7.66. The van der Waals surface area contributed by atoms with Crippen LogP contribution in [0, 0.1) is 11.3 Å². The topological polar surface area (TPSA) is 155 Å². The second kappa shape index (κ2) is 10.4. The van der Waals surface area contributed by atoms with Crippen molar-refractivity contribution < 1.29 is 28.7 Å². The van der Waals surface area contributed by atoms with Gasteiger partial charge in [-0.1, -0.05) is 5.16 Å². The number of esters is 1. The molecule has 1 saturated carbocycles. The molecule has 1 atom stereocenters. The number of benzene rings is 2. The van der Waals surface area contributed by atoms with Gasteiger partial charge in [-0.2, -0.15) is 10.2 Å². The summed E-state index contributed by atoms with van der Waals surface area (Å²) in [5.41, 5.74) is 4.21. The third-order valence-electron chi connectivity index (χ3n) is 7.66. The summed E-state index contributed by atoms with van der Waals surface area (Å²) in [5, 5.41) is 24.3. The average molecular weight is 542 g/mol. The number of fused-ring (bicyclic) bond motifs is 3. The molecule has 1 aliphatic heterocycles. The molecule has 2 N–H and O–H groups in total. The van der Waals surface area contributed by atoms with Crippen molar-refractivity contribution in [2.24, 2.45) is 0 Å². The maximum Gasteiger partial charge on any atom is 0.407 e. The van der Waals surface area contributed by atoms with Gasteiger partial charge >= 0.3 is 12.1 Å². The van der Waals surface area contributed by atoms with Crippen molar-refractivity contribution in [2.75, 3.05) is 13.7 Å². The van der Waals surface area contributed by atoms with Gasteiger partial charge in [0, 0.05) is 34.3 Å². The number of nitrogens with zero attached hydrogens (tertiary/aromatic N) is 4. The van der Waals surface area contributed by atoms with E-state index in [1.165, 1.54) is 12.0 Å². The second-order valence-corrected chi connectivity index (χ2v) is 10.1. The van der Waals surface area contributed by atoms with E-state index in [-0.39, 0.29) is 25.0 Å². The second-order valence-electron chi connectivity index (χ2n) is 10.1. The summed E-state index contributed by atoms with van der Waals surface area (Å²) in [5.74, 6) is 0.773. The molecule has 11 heteroatoms. The number of aromatic amines is 1. The highest BCUT2D eigenvalue weighted by atomic mass is 16.5. The standard InChI is InChI=1S/C29H27N5O6/c1-38-25(35)14-24-26-21(8-9-34(24)29(36)37)22-13-17(6-7-23(22)31-26)27-32-28(40-33-27)18-10-16(15-30)11-20(12-18)39-19-4-2-3-5-19/h6-7,10-13,19,24,31H,2-5,8-9,14H2,1H3,(H,36,37). The van der Waals surface area contributed by atoms with Crippen molar-refractivity contribution in [3.8, 4) is 34.7 Å². The summed E-state index contributed by atoms with van der Waals surface area (Å²) in [7, 11) is 1.29. The molecular weight excluding hydrogens is 514 g/mol. The minimum atomic E-state index is -1.09. The fourth-order valence-corrected chi connectivity index (χ4v) is 5.70. The van der Waals surface area contributed by atoms with Crippen molar-refractivity contribution in [1.82, 2.24) is 20.0 Å². The van der Waals surface area contributed by atoms with Crippen LogP contribution in [0.3, 0.4) is 0 Å². The fourth-order valence-electron chi connectivity index (χ4n) is 5.70. The number of amides is 1. The van der Waals surface area contributed by atoms with Crippen molar-refractivity contribution in [3.63, 3.8) is 0 Å². The minimum Gasteiger partial charge on any atom is -0.490 e. The predicted octanol–water partition coefficient (Wildman–Crippen LogP) is 5.22. The van der Waals surface area contributed by atoms with Crippen LogP contribution in [0.2, 0.25) is 0 Å². The van der Waals surface area contributed by atoms with E-state index in [4.69, 9.17) is 14.0 Å². The van der Waals surface area contributed by atoms with Gasteiger partial charge in [-0.05, 0) is 74.1 Å². The summed E-state index contributed by atoms with van der Waals surface area (Å²) in [6, 6.07) is 12.4. The Balaban J connectivity index is 1.32. The van der Waals surface area contributed by atoms with Crippen LogP contribution in [-0.2, 0) is 16.0 Å². The van der Waals surface area contributed by atoms with E-state index >= 15 is 0 Å². The first kappa shape index (κ1) is 25.4. The Kier molecular flexibility index (Phi) is 6.59. The van der Waals surface area contributed by atoms with Gasteiger partial charge in [-0.25, -0.2) is 4.79 Å². The zero-order valence-corrected chi connectivity index (χ0v) is 21.8. The van der Waals surface area contributed by atoms with E-state index in [2.05, 4.69) is 21.2 Å². The monoisotopic (exact) mass is 541 g/mol. The van der Waals surface area contributed by atoms with Crippen LogP contribution in [0.1, 0.15) is 55.0 Å². The number of hydrogen-bond donors (Lipinski definition) is 2. The molecule has 11 nitrogen and oxygen atoms in total. The summed E-state index contributed by atoms with van der Waals surface area (Å²) >= 11 is 0. The van der Waals surface area contributed by atoms with Gasteiger partial charge in [-0.15, -0.1) is 0 Å². The van der Waals surface area contributed by atoms with Crippen LogP contribution in [0.25, 0.3) is 33.7 Å². The number of ether oxygens (including phenoxy) is 2. The van der Waals surface area contributed by atoms with Gasteiger partial charge in [0.2, 0.25) is 5.82 Å². The Morgan fingerprint density at radius 3 is 2.77 bits per heavy atom. The maximum absolute atomic E-state index is 12.1. The molecule has 0 saturated heterocycles. The first-order chi connectivity index (χ1) is 19.4. The molecule has 1 unspecified atom stereocenters. The van der Waals surface area contributed by atoms with Gasteiger partial charge in [0.25, 0.3) is 5.89 Å². The highest BCUT2D eigenvalue weighted by Gasteiger charge is 2.35. The predicted molar refractivity (Wildman–Crippen MR) is 142 cm³/mol. The van der Waals surface area contributed by atoms with E-state index < -0.39 is 18.1 Å². The smallest absolute Gasteiger partial charge is 0.407 e. The molecule has 2 aliphatic rings. The molecule has 0 bridgehead atoms. The lowest BCUT2D eigenvalue weighted by atomic mass is 9.95. The van der Waals surface area contributed by atoms with Crippen LogP contribution < -0.4 is 4.74 Å². The van der Waals surface area contributed by atoms with E-state index in [9.17, 15) is 20.0 Å². The number of aromatic nitrogens is 3. The molecule has 1 aliphatic carbocycles. The first-order valence-corrected chi connectivity index (χ1v) is 13.2. The number of carbonyl (C=O) groups excluding carboxylic acids is 1. The van der Waals surface area contributed by atoms with Crippen molar-refractivity contribution in [2.45, 2.75) is 50.7 Å². The van der Waals surface area contributed by atoms with E-state index in [1.807, 2.05) is 24.3 Å². The van der Waals surface area contributed by atoms with Crippen LogP contribution in [0.4, 0.5) is 4.79 Å². The molecule has 204 valence electrons. The molecule has 6 rings (SSSR count). The van der Waals surface area contributed by atoms with Crippen LogP contribution in [0.5, 0.6) is 5.75 Å². The SMILES string of the molecule is COC(=O)CC1c2[nH]c3ccc(-c4noc(-c5cc(C#N)cc(OC6CCCC6)c5)n4)cc3c2CCN1C(=O)O. The van der Waals surface area contributed by atoms with Gasteiger partial charge in [-0.3, -0.25) is 9.69 Å². The lowest BCUT2D eigenvalue weighted by molar-refractivity contribution is -0.142. The van der Waals surface area contributed by atoms with E-state index in [1.54, 1.807) is 12.1 Å². The lowest BCUT2D eigenvalue weighted by Crippen LogP contribution is -2.40. The largest absolute Gasteiger partial charge is 0.490 e.